The Labute approximate surface area is 83.3 Å². The van der Waals surface area contributed by atoms with Crippen molar-refractivity contribution in [3.05, 3.63) is 35.8 Å². The van der Waals surface area contributed by atoms with Gasteiger partial charge in [0.2, 0.25) is 0 Å². The third-order valence-electron chi connectivity index (χ3n) is 2.05. The molecule has 0 radical (unpaired) electrons. The van der Waals surface area contributed by atoms with Crippen molar-refractivity contribution in [1.82, 2.24) is 9.38 Å². The molecule has 0 amide bonds. The third-order valence-corrected chi connectivity index (χ3v) is 2.05. The van der Waals surface area contributed by atoms with Gasteiger partial charge in [0.05, 0.1) is 0 Å². The lowest BCUT2D eigenvalue weighted by Crippen LogP contribution is -2.04. The van der Waals surface area contributed by atoms with Crippen LogP contribution in [-0.4, -0.2) is 9.38 Å². The van der Waals surface area contributed by atoms with E-state index in [-0.39, 0.29) is 12.2 Å². The van der Waals surface area contributed by atoms with E-state index in [9.17, 15) is 13.2 Å². The predicted octanol–water partition coefficient (Wildman–Crippen LogP) is 1.81. The molecule has 0 aliphatic heterocycles. The molecule has 3 nitrogen and oxygen atoms in total. The predicted molar refractivity (Wildman–Crippen MR) is 48.1 cm³/mol. The van der Waals surface area contributed by atoms with E-state index in [1.807, 2.05) is 0 Å². The highest BCUT2D eigenvalue weighted by Gasteiger charge is 2.33. The van der Waals surface area contributed by atoms with Crippen LogP contribution in [0.25, 0.3) is 5.65 Å². The van der Waals surface area contributed by atoms with Gasteiger partial charge >= 0.3 is 6.18 Å². The molecule has 0 aliphatic rings. The first-order chi connectivity index (χ1) is 7.00. The molecule has 0 saturated carbocycles. The number of nitrogens with zero attached hydrogens (tertiary/aromatic N) is 2. The van der Waals surface area contributed by atoms with Crippen molar-refractivity contribution in [2.24, 2.45) is 5.73 Å². The normalized spacial score (nSPS) is 12.3. The molecule has 0 aromatic carbocycles. The Morgan fingerprint density at radius 2 is 2.13 bits per heavy atom. The molecule has 2 aromatic heterocycles. The summed E-state index contributed by atoms with van der Waals surface area (Å²) in [5, 5.41) is 0. The summed E-state index contributed by atoms with van der Waals surface area (Å²) in [6.45, 7) is 0.282. The highest BCUT2D eigenvalue weighted by molar-refractivity contribution is 5.43. The van der Waals surface area contributed by atoms with Crippen LogP contribution >= 0.6 is 0 Å². The largest absolute Gasteiger partial charge is 0.434 e. The van der Waals surface area contributed by atoms with E-state index in [1.54, 1.807) is 6.07 Å². The Kier molecular flexibility index (Phi) is 2.15. The summed E-state index contributed by atoms with van der Waals surface area (Å²) in [4.78, 5) is 3.47. The van der Waals surface area contributed by atoms with Gasteiger partial charge in [-0.05, 0) is 17.7 Å². The van der Waals surface area contributed by atoms with Crippen LogP contribution in [0, 0.1) is 0 Å². The summed E-state index contributed by atoms with van der Waals surface area (Å²) >= 11 is 0. The van der Waals surface area contributed by atoms with E-state index in [0.29, 0.717) is 0 Å². The molecule has 0 saturated heterocycles. The van der Waals surface area contributed by atoms with Crippen LogP contribution in [0.5, 0.6) is 0 Å². The standard InChI is InChI=1S/C9H8F3N3/c10-9(11,12)7-5-15-2-1-6(4-13)3-8(15)14-7/h1-3,5H,4,13H2. The highest BCUT2D eigenvalue weighted by atomic mass is 19.4. The maximum absolute atomic E-state index is 12.3. The van der Waals surface area contributed by atoms with Crippen molar-refractivity contribution in [2.45, 2.75) is 12.7 Å². The summed E-state index contributed by atoms with van der Waals surface area (Å²) in [6.07, 6.45) is -1.94. The van der Waals surface area contributed by atoms with Crippen molar-refractivity contribution in [3.63, 3.8) is 0 Å². The van der Waals surface area contributed by atoms with Gasteiger partial charge in [-0.2, -0.15) is 13.2 Å². The molecule has 0 unspecified atom stereocenters. The number of hydrogen-bond donors (Lipinski definition) is 1. The zero-order chi connectivity index (χ0) is 11.1. The molecule has 80 valence electrons. The number of nitrogens with two attached hydrogens (primary N) is 1. The summed E-state index contributed by atoms with van der Waals surface area (Å²) in [5.74, 6) is 0. The monoisotopic (exact) mass is 215 g/mol. The molecule has 0 fully saturated rings. The molecular formula is C9H8F3N3. The zero-order valence-electron chi connectivity index (χ0n) is 7.62. The van der Waals surface area contributed by atoms with Gasteiger partial charge in [-0.25, -0.2) is 4.98 Å². The van der Waals surface area contributed by atoms with Crippen molar-refractivity contribution < 1.29 is 13.2 Å². The van der Waals surface area contributed by atoms with Gasteiger partial charge in [0.1, 0.15) is 5.65 Å². The van der Waals surface area contributed by atoms with Crippen molar-refractivity contribution >= 4 is 5.65 Å². The van der Waals surface area contributed by atoms with E-state index in [1.165, 1.54) is 16.7 Å². The fourth-order valence-corrected chi connectivity index (χ4v) is 1.29. The van der Waals surface area contributed by atoms with Gasteiger partial charge < -0.3 is 10.1 Å². The minimum Gasteiger partial charge on any atom is -0.326 e. The summed E-state index contributed by atoms with van der Waals surface area (Å²) in [5.41, 5.74) is 5.49. The highest BCUT2D eigenvalue weighted by Crippen LogP contribution is 2.28. The summed E-state index contributed by atoms with van der Waals surface area (Å²) in [6, 6.07) is 3.20. The quantitative estimate of drug-likeness (QED) is 0.788. The molecule has 0 aliphatic carbocycles. The van der Waals surface area contributed by atoms with E-state index in [2.05, 4.69) is 4.98 Å². The fourth-order valence-electron chi connectivity index (χ4n) is 1.29. The molecule has 0 atom stereocenters. The van der Waals surface area contributed by atoms with Crippen LogP contribution in [0.15, 0.2) is 24.5 Å². The molecule has 0 spiro atoms. The zero-order valence-corrected chi connectivity index (χ0v) is 7.62. The van der Waals surface area contributed by atoms with Gasteiger partial charge in [0, 0.05) is 18.9 Å². The topological polar surface area (TPSA) is 43.3 Å². The van der Waals surface area contributed by atoms with Crippen LogP contribution in [0.4, 0.5) is 13.2 Å². The SMILES string of the molecule is NCc1ccn2cc(C(F)(F)F)nc2c1. The minimum atomic E-state index is -4.41. The van der Waals surface area contributed by atoms with Gasteiger partial charge in [0.15, 0.2) is 5.69 Å². The van der Waals surface area contributed by atoms with Gasteiger partial charge in [-0.15, -0.1) is 0 Å². The van der Waals surface area contributed by atoms with Crippen LogP contribution in [0.1, 0.15) is 11.3 Å². The Hall–Kier alpha value is -1.56. The van der Waals surface area contributed by atoms with Crippen molar-refractivity contribution in [3.8, 4) is 0 Å². The lowest BCUT2D eigenvalue weighted by atomic mass is 10.3. The number of imidazole rings is 1. The van der Waals surface area contributed by atoms with Gasteiger partial charge in [-0.3, -0.25) is 0 Å². The van der Waals surface area contributed by atoms with Crippen LogP contribution in [0.2, 0.25) is 0 Å². The average Bonchev–Trinajstić information content (AvgIpc) is 2.59. The number of hydrogen-bond acceptors (Lipinski definition) is 2. The van der Waals surface area contributed by atoms with Gasteiger partial charge in [0.25, 0.3) is 0 Å². The number of fused-ring (bicyclic) bond motifs is 1. The Morgan fingerprint density at radius 3 is 2.73 bits per heavy atom. The molecule has 2 N–H and O–H groups in total. The van der Waals surface area contributed by atoms with Crippen LogP contribution < -0.4 is 5.73 Å². The maximum atomic E-state index is 12.3. The summed E-state index contributed by atoms with van der Waals surface area (Å²) < 4.78 is 38.2. The maximum Gasteiger partial charge on any atom is 0.434 e. The number of alkyl halides is 3. The first-order valence-electron chi connectivity index (χ1n) is 4.25. The van der Waals surface area contributed by atoms with Crippen LogP contribution in [-0.2, 0) is 12.7 Å². The summed E-state index contributed by atoms with van der Waals surface area (Å²) in [7, 11) is 0. The third kappa shape index (κ3) is 1.80. The molecular weight excluding hydrogens is 207 g/mol. The number of rotatable bonds is 1. The molecule has 2 rings (SSSR count). The number of pyridine rings is 1. The van der Waals surface area contributed by atoms with Gasteiger partial charge in [-0.1, -0.05) is 0 Å². The first-order valence-corrected chi connectivity index (χ1v) is 4.25. The lowest BCUT2D eigenvalue weighted by Gasteiger charge is -1.98. The minimum absolute atomic E-state index is 0.255. The molecule has 6 heteroatoms. The van der Waals surface area contributed by atoms with Crippen molar-refractivity contribution in [2.75, 3.05) is 0 Å². The second-order valence-corrected chi connectivity index (χ2v) is 3.13. The number of aromatic nitrogens is 2. The van der Waals surface area contributed by atoms with E-state index < -0.39 is 11.9 Å². The number of halogens is 3. The van der Waals surface area contributed by atoms with Crippen LogP contribution in [0.3, 0.4) is 0 Å². The van der Waals surface area contributed by atoms with E-state index in [0.717, 1.165) is 11.8 Å². The second kappa shape index (κ2) is 3.23. The molecule has 2 heterocycles. The molecule has 0 bridgehead atoms. The Balaban J connectivity index is 2.56. The first kappa shape index (κ1) is 9.97. The Bertz CT molecular complexity index is 487. The molecule has 2 aromatic rings. The van der Waals surface area contributed by atoms with Crippen molar-refractivity contribution in [1.29, 1.82) is 0 Å². The Morgan fingerprint density at radius 1 is 1.40 bits per heavy atom. The molecule has 15 heavy (non-hydrogen) atoms. The smallest absolute Gasteiger partial charge is 0.326 e. The van der Waals surface area contributed by atoms with E-state index in [4.69, 9.17) is 5.73 Å². The lowest BCUT2D eigenvalue weighted by molar-refractivity contribution is -0.140. The van der Waals surface area contributed by atoms with E-state index >= 15 is 0 Å². The second-order valence-electron chi connectivity index (χ2n) is 3.13. The average molecular weight is 215 g/mol. The fraction of sp³-hybridized carbons (Fsp3) is 0.222.